The molecule has 0 aromatic heterocycles. The first-order chi connectivity index (χ1) is 18.5. The quantitative estimate of drug-likeness (QED) is 0.117. The zero-order chi connectivity index (χ0) is 29.1. The van der Waals surface area contributed by atoms with E-state index in [1.54, 1.807) is 0 Å². The number of aromatic hydroxyl groups is 1. The Balaban J connectivity index is 2.33. The molecule has 1 aromatic carbocycles. The fourth-order valence-corrected chi connectivity index (χ4v) is 4.40. The Labute approximate surface area is 228 Å². The second-order valence-electron chi connectivity index (χ2n) is 10.2. The Morgan fingerprint density at radius 1 is 1.08 bits per heavy atom. The third kappa shape index (κ3) is 8.97. The van der Waals surface area contributed by atoms with Crippen LogP contribution in [0.1, 0.15) is 83.5 Å². The molecule has 1 heterocycles. The maximum absolute atomic E-state index is 13.4. The van der Waals surface area contributed by atoms with Crippen molar-refractivity contribution in [3.8, 4) is 5.75 Å². The summed E-state index contributed by atoms with van der Waals surface area (Å²) in [6, 6.07) is 2.71. The number of cyclic esters (lactones) is 2. The average Bonchev–Trinajstić information content (AvgIpc) is 2.88. The lowest BCUT2D eigenvalue weighted by Gasteiger charge is -2.29. The zero-order valence-corrected chi connectivity index (χ0v) is 23.2. The van der Waals surface area contributed by atoms with E-state index in [4.69, 9.17) is 14.2 Å². The van der Waals surface area contributed by atoms with E-state index in [1.165, 1.54) is 32.0 Å². The van der Waals surface area contributed by atoms with Crippen molar-refractivity contribution >= 4 is 35.9 Å². The van der Waals surface area contributed by atoms with E-state index in [0.717, 1.165) is 19.3 Å². The number of benzene rings is 1. The van der Waals surface area contributed by atoms with E-state index in [2.05, 4.69) is 17.6 Å². The Kier molecular flexibility index (Phi) is 12.2. The zero-order valence-electron chi connectivity index (χ0n) is 23.2. The molecule has 3 N–H and O–H groups in total. The second-order valence-corrected chi connectivity index (χ2v) is 10.2. The standard InChI is InChI=1S/C28H40N2O9/c1-6-7-8-9-11-20-25(39-22(32)14-16(2)3)18(5)38-28(36)23(17(4)37-27(20)35)30-26(34)19-12-10-13-21(24(19)33)29-15-31/h10,12-13,15-18,20,23,25,33H,6-9,11,14H2,1-5H3,(H,29,31)(H,30,34)/t17-,18+,20+,23+,25+/m0/s1. The van der Waals surface area contributed by atoms with Crippen molar-refractivity contribution in [2.75, 3.05) is 5.32 Å². The van der Waals surface area contributed by atoms with Crippen molar-refractivity contribution in [3.63, 3.8) is 0 Å². The molecule has 2 amide bonds. The van der Waals surface area contributed by atoms with Crippen LogP contribution in [0.4, 0.5) is 5.69 Å². The maximum atomic E-state index is 13.4. The topological polar surface area (TPSA) is 157 Å². The number of rotatable bonds is 12. The Morgan fingerprint density at radius 3 is 2.41 bits per heavy atom. The Hall–Kier alpha value is -3.63. The summed E-state index contributed by atoms with van der Waals surface area (Å²) in [6.07, 6.45) is 1.17. The van der Waals surface area contributed by atoms with Gasteiger partial charge in [0.25, 0.3) is 5.91 Å². The van der Waals surface area contributed by atoms with Gasteiger partial charge in [0.15, 0.2) is 17.9 Å². The first kappa shape index (κ1) is 31.6. The van der Waals surface area contributed by atoms with Crippen molar-refractivity contribution in [1.29, 1.82) is 0 Å². The number of carbonyl (C=O) groups excluding carboxylic acids is 5. The van der Waals surface area contributed by atoms with Crippen LogP contribution in [0.5, 0.6) is 5.75 Å². The van der Waals surface area contributed by atoms with E-state index >= 15 is 0 Å². The number of amides is 2. The van der Waals surface area contributed by atoms with Crippen LogP contribution in [-0.2, 0) is 33.4 Å². The molecule has 11 nitrogen and oxygen atoms in total. The summed E-state index contributed by atoms with van der Waals surface area (Å²) < 4.78 is 16.9. The van der Waals surface area contributed by atoms with Crippen molar-refractivity contribution < 1.29 is 43.3 Å². The van der Waals surface area contributed by atoms with E-state index < -0.39 is 59.8 Å². The highest BCUT2D eigenvalue weighted by molar-refractivity contribution is 6.01. The van der Waals surface area contributed by atoms with Gasteiger partial charge in [-0.1, -0.05) is 52.5 Å². The SMILES string of the molecule is CCCCCC[C@H]1C(=O)O[C@@H](C)[C@@H](NC(=O)c2cccc(NC=O)c2O)C(=O)O[C@H](C)[C@H]1OC(=O)CC(C)C. The molecule has 5 atom stereocenters. The predicted molar refractivity (Wildman–Crippen MR) is 142 cm³/mol. The lowest BCUT2D eigenvalue weighted by Crippen LogP contribution is -2.50. The van der Waals surface area contributed by atoms with E-state index in [-0.39, 0.29) is 23.6 Å². The van der Waals surface area contributed by atoms with E-state index in [1.807, 2.05) is 13.8 Å². The summed E-state index contributed by atoms with van der Waals surface area (Å²) in [4.78, 5) is 62.9. The summed E-state index contributed by atoms with van der Waals surface area (Å²) in [5.41, 5.74) is -0.213. The van der Waals surface area contributed by atoms with Gasteiger partial charge >= 0.3 is 17.9 Å². The molecule has 0 aliphatic carbocycles. The summed E-state index contributed by atoms with van der Waals surface area (Å²) in [5.74, 6) is -4.26. The molecule has 0 spiro atoms. The summed E-state index contributed by atoms with van der Waals surface area (Å²) in [6.45, 7) is 8.77. The van der Waals surface area contributed by atoms with Gasteiger partial charge in [0.2, 0.25) is 6.41 Å². The first-order valence-electron chi connectivity index (χ1n) is 13.4. The molecule has 39 heavy (non-hydrogen) atoms. The summed E-state index contributed by atoms with van der Waals surface area (Å²) >= 11 is 0. The Morgan fingerprint density at radius 2 is 1.77 bits per heavy atom. The number of esters is 3. The highest BCUT2D eigenvalue weighted by Gasteiger charge is 2.44. The van der Waals surface area contributed by atoms with Crippen molar-refractivity contribution in [3.05, 3.63) is 23.8 Å². The summed E-state index contributed by atoms with van der Waals surface area (Å²) in [7, 11) is 0. The molecule has 1 fully saturated rings. The van der Waals surface area contributed by atoms with Gasteiger partial charge in [-0.05, 0) is 38.3 Å². The van der Waals surface area contributed by atoms with Gasteiger partial charge < -0.3 is 30.0 Å². The van der Waals surface area contributed by atoms with E-state index in [0.29, 0.717) is 19.3 Å². The lowest BCUT2D eigenvalue weighted by molar-refractivity contribution is -0.175. The number of unbranched alkanes of at least 4 members (excludes halogenated alkanes) is 3. The van der Waals surface area contributed by atoms with Crippen LogP contribution < -0.4 is 10.6 Å². The molecule has 0 saturated carbocycles. The number of hydrogen-bond donors (Lipinski definition) is 3. The van der Waals surface area contributed by atoms with Gasteiger partial charge in [-0.2, -0.15) is 0 Å². The molecule has 2 rings (SSSR count). The van der Waals surface area contributed by atoms with Gasteiger partial charge in [-0.25, -0.2) is 4.79 Å². The molecule has 11 heteroatoms. The molecule has 1 saturated heterocycles. The van der Waals surface area contributed by atoms with Gasteiger partial charge in [0, 0.05) is 6.42 Å². The van der Waals surface area contributed by atoms with Gasteiger partial charge in [0.05, 0.1) is 17.2 Å². The van der Waals surface area contributed by atoms with E-state index in [9.17, 15) is 29.1 Å². The average molecular weight is 549 g/mol. The van der Waals surface area contributed by atoms with Gasteiger partial charge in [-0.15, -0.1) is 0 Å². The normalized spacial score (nSPS) is 23.5. The first-order valence-corrected chi connectivity index (χ1v) is 13.4. The molecule has 1 aromatic rings. The van der Waals surface area contributed by atoms with Crippen LogP contribution in [0.25, 0.3) is 0 Å². The number of ether oxygens (including phenoxy) is 3. The Bertz CT molecular complexity index is 1030. The predicted octanol–water partition coefficient (Wildman–Crippen LogP) is 3.48. The van der Waals surface area contributed by atoms with Crippen molar-refractivity contribution in [2.45, 2.75) is 97.5 Å². The molecular weight excluding hydrogens is 508 g/mol. The molecule has 0 bridgehead atoms. The molecule has 1 aliphatic rings. The van der Waals surface area contributed by atoms with Crippen molar-refractivity contribution in [1.82, 2.24) is 5.32 Å². The number of anilines is 1. The van der Waals surface area contributed by atoms with Crippen LogP contribution in [0.3, 0.4) is 0 Å². The third-order valence-corrected chi connectivity index (χ3v) is 6.48. The van der Waals surface area contributed by atoms with Crippen molar-refractivity contribution in [2.24, 2.45) is 11.8 Å². The third-order valence-electron chi connectivity index (χ3n) is 6.48. The maximum Gasteiger partial charge on any atom is 0.332 e. The number of phenols is 1. The fraction of sp³-hybridized carbons (Fsp3) is 0.607. The largest absolute Gasteiger partial charge is 0.505 e. The molecule has 216 valence electrons. The fourth-order valence-electron chi connectivity index (χ4n) is 4.40. The molecule has 1 aliphatic heterocycles. The monoisotopic (exact) mass is 548 g/mol. The van der Waals surface area contributed by atoms with Gasteiger partial charge in [0.1, 0.15) is 12.2 Å². The second kappa shape index (κ2) is 15.1. The highest BCUT2D eigenvalue weighted by atomic mass is 16.6. The van der Waals surface area contributed by atoms with Crippen LogP contribution in [0.15, 0.2) is 18.2 Å². The van der Waals surface area contributed by atoms with Crippen LogP contribution in [0, 0.1) is 11.8 Å². The van der Waals surface area contributed by atoms with Gasteiger partial charge in [-0.3, -0.25) is 19.2 Å². The molecule has 0 radical (unpaired) electrons. The summed E-state index contributed by atoms with van der Waals surface area (Å²) in [5, 5.41) is 15.1. The minimum absolute atomic E-state index is 0.000221. The minimum Gasteiger partial charge on any atom is -0.505 e. The van der Waals surface area contributed by atoms with Crippen LogP contribution in [-0.4, -0.2) is 59.7 Å². The van der Waals surface area contributed by atoms with Crippen LogP contribution >= 0.6 is 0 Å². The lowest BCUT2D eigenvalue weighted by atomic mass is 9.92. The van der Waals surface area contributed by atoms with Crippen LogP contribution in [0.2, 0.25) is 0 Å². The smallest absolute Gasteiger partial charge is 0.332 e. The number of nitrogens with one attached hydrogen (secondary N) is 2. The minimum atomic E-state index is -1.42. The number of para-hydroxylation sites is 1. The number of phenolic OH excluding ortho intramolecular Hbond substituents is 1. The number of hydrogen-bond acceptors (Lipinski definition) is 9. The molecule has 0 unspecified atom stereocenters. The highest BCUT2D eigenvalue weighted by Crippen LogP contribution is 2.29. The molecular formula is C28H40N2O9. The number of carbonyl (C=O) groups is 5.